The average molecular weight is 341 g/mol. The molecule has 0 atom stereocenters. The maximum atomic E-state index is 12.6. The highest BCUT2D eigenvalue weighted by atomic mass is 16.2. The monoisotopic (exact) mass is 341 g/mol. The van der Waals surface area contributed by atoms with Gasteiger partial charge in [-0.1, -0.05) is 12.1 Å². The van der Waals surface area contributed by atoms with Gasteiger partial charge in [0.15, 0.2) is 5.69 Å². The minimum Gasteiger partial charge on any atom is -0.331 e. The van der Waals surface area contributed by atoms with E-state index in [0.29, 0.717) is 12.2 Å². The first-order valence-electron chi connectivity index (χ1n) is 8.35. The summed E-state index contributed by atoms with van der Waals surface area (Å²) >= 11 is 0. The molecule has 7 heteroatoms. The molecule has 25 heavy (non-hydrogen) atoms. The molecule has 2 heterocycles. The lowest BCUT2D eigenvalue weighted by atomic mass is 10.1. The number of benzene rings is 1. The number of aromatic nitrogens is 2. The molecule has 1 aliphatic heterocycles. The molecule has 1 aliphatic rings. The van der Waals surface area contributed by atoms with Crippen LogP contribution in [0, 0.1) is 13.8 Å². The number of anilines is 1. The number of nitrogens with zero attached hydrogens (tertiary/aromatic N) is 2. The van der Waals surface area contributed by atoms with Gasteiger partial charge in [-0.15, -0.1) is 0 Å². The molecule has 0 aliphatic carbocycles. The standard InChI is InChI=1S/C18H23N5O2/c1-11-5-4-6-14(12(11)2)20-16(24)10-23(3)18(25)17-13-9-19-8-7-15(13)21-22-17/h4-6,19H,7-10H2,1-3H3,(H,20,24)(H,21,22). The summed E-state index contributed by atoms with van der Waals surface area (Å²) in [6, 6.07) is 5.75. The predicted molar refractivity (Wildman–Crippen MR) is 95.5 cm³/mol. The van der Waals surface area contributed by atoms with Crippen LogP contribution in [0.2, 0.25) is 0 Å². The van der Waals surface area contributed by atoms with Gasteiger partial charge in [0.05, 0.1) is 6.54 Å². The third kappa shape index (κ3) is 3.56. The number of H-pyrrole nitrogens is 1. The molecule has 0 radical (unpaired) electrons. The van der Waals surface area contributed by atoms with Gasteiger partial charge in [-0.3, -0.25) is 14.7 Å². The summed E-state index contributed by atoms with van der Waals surface area (Å²) in [6.45, 7) is 5.42. The first kappa shape index (κ1) is 17.2. The Labute approximate surface area is 146 Å². The summed E-state index contributed by atoms with van der Waals surface area (Å²) in [7, 11) is 1.61. The van der Waals surface area contributed by atoms with Crippen molar-refractivity contribution in [3.63, 3.8) is 0 Å². The topological polar surface area (TPSA) is 90.1 Å². The molecule has 1 aromatic heterocycles. The van der Waals surface area contributed by atoms with Crippen LogP contribution in [-0.2, 0) is 17.8 Å². The van der Waals surface area contributed by atoms with E-state index < -0.39 is 0 Å². The van der Waals surface area contributed by atoms with Crippen LogP contribution in [0.1, 0.15) is 32.9 Å². The maximum absolute atomic E-state index is 12.6. The minimum absolute atomic E-state index is 0.0265. The van der Waals surface area contributed by atoms with E-state index in [0.717, 1.165) is 41.0 Å². The number of nitrogens with one attached hydrogen (secondary N) is 3. The van der Waals surface area contributed by atoms with Gasteiger partial charge in [0.2, 0.25) is 5.91 Å². The molecule has 0 unspecified atom stereocenters. The van der Waals surface area contributed by atoms with E-state index >= 15 is 0 Å². The lowest BCUT2D eigenvalue weighted by molar-refractivity contribution is -0.116. The largest absolute Gasteiger partial charge is 0.331 e. The molecule has 3 rings (SSSR count). The van der Waals surface area contributed by atoms with Crippen LogP contribution < -0.4 is 10.6 Å². The molecule has 0 saturated heterocycles. The smallest absolute Gasteiger partial charge is 0.274 e. The second-order valence-corrected chi connectivity index (χ2v) is 6.41. The van der Waals surface area contributed by atoms with Crippen molar-refractivity contribution < 1.29 is 9.59 Å². The first-order valence-corrected chi connectivity index (χ1v) is 8.35. The number of fused-ring (bicyclic) bond motifs is 1. The second kappa shape index (κ2) is 7.06. The number of aromatic amines is 1. The van der Waals surface area contributed by atoms with E-state index in [2.05, 4.69) is 20.8 Å². The third-order valence-corrected chi connectivity index (χ3v) is 4.62. The fourth-order valence-electron chi connectivity index (χ4n) is 2.95. The summed E-state index contributed by atoms with van der Waals surface area (Å²) in [5.74, 6) is -0.482. The van der Waals surface area contributed by atoms with Crippen molar-refractivity contribution in [1.29, 1.82) is 0 Å². The summed E-state index contributed by atoms with van der Waals surface area (Å²) in [5.41, 5.74) is 5.19. The van der Waals surface area contributed by atoms with Crippen molar-refractivity contribution in [2.24, 2.45) is 0 Å². The highest BCUT2D eigenvalue weighted by Gasteiger charge is 2.24. The van der Waals surface area contributed by atoms with Crippen LogP contribution in [0.25, 0.3) is 0 Å². The summed E-state index contributed by atoms with van der Waals surface area (Å²) < 4.78 is 0. The Morgan fingerprint density at radius 1 is 1.32 bits per heavy atom. The zero-order chi connectivity index (χ0) is 18.0. The molecule has 7 nitrogen and oxygen atoms in total. The number of carbonyl (C=O) groups is 2. The van der Waals surface area contributed by atoms with E-state index in [-0.39, 0.29) is 18.4 Å². The van der Waals surface area contributed by atoms with Crippen LogP contribution in [0.4, 0.5) is 5.69 Å². The molecule has 2 amide bonds. The number of hydrogen-bond acceptors (Lipinski definition) is 4. The van der Waals surface area contributed by atoms with Crippen LogP contribution in [0.5, 0.6) is 0 Å². The Kier molecular flexibility index (Phi) is 4.85. The van der Waals surface area contributed by atoms with Gasteiger partial charge in [0, 0.05) is 43.5 Å². The van der Waals surface area contributed by atoms with Crippen LogP contribution in [0.3, 0.4) is 0 Å². The normalized spacial score (nSPS) is 13.2. The van der Waals surface area contributed by atoms with Gasteiger partial charge in [0.25, 0.3) is 5.91 Å². The van der Waals surface area contributed by atoms with Gasteiger partial charge in [-0.25, -0.2) is 0 Å². The van der Waals surface area contributed by atoms with E-state index in [4.69, 9.17) is 0 Å². The average Bonchev–Trinajstić information content (AvgIpc) is 3.02. The quantitative estimate of drug-likeness (QED) is 0.784. The lowest BCUT2D eigenvalue weighted by Crippen LogP contribution is -2.36. The van der Waals surface area contributed by atoms with Crippen molar-refractivity contribution in [3.8, 4) is 0 Å². The minimum atomic E-state index is -0.252. The molecule has 3 N–H and O–H groups in total. The maximum Gasteiger partial charge on any atom is 0.274 e. The highest BCUT2D eigenvalue weighted by molar-refractivity contribution is 5.99. The first-order chi connectivity index (χ1) is 12.0. The summed E-state index contributed by atoms with van der Waals surface area (Å²) in [5, 5.41) is 13.2. The van der Waals surface area contributed by atoms with Gasteiger partial charge in [-0.2, -0.15) is 5.10 Å². The molecule has 0 spiro atoms. The Bertz CT molecular complexity index is 812. The Balaban J connectivity index is 1.66. The number of hydrogen-bond donors (Lipinski definition) is 3. The van der Waals surface area contributed by atoms with E-state index in [1.807, 2.05) is 32.0 Å². The number of amides is 2. The van der Waals surface area contributed by atoms with Gasteiger partial charge >= 0.3 is 0 Å². The molecule has 0 bridgehead atoms. The van der Waals surface area contributed by atoms with Crippen molar-refractivity contribution in [2.75, 3.05) is 25.5 Å². The molecule has 0 fully saturated rings. The molecular formula is C18H23N5O2. The molecule has 1 aromatic carbocycles. The number of rotatable bonds is 4. The molecule has 132 valence electrons. The van der Waals surface area contributed by atoms with Gasteiger partial charge in [-0.05, 0) is 31.0 Å². The van der Waals surface area contributed by atoms with Crippen molar-refractivity contribution in [2.45, 2.75) is 26.8 Å². The number of carbonyl (C=O) groups excluding carboxylic acids is 2. The van der Waals surface area contributed by atoms with Crippen molar-refractivity contribution in [1.82, 2.24) is 20.4 Å². The fourth-order valence-corrected chi connectivity index (χ4v) is 2.95. The zero-order valence-corrected chi connectivity index (χ0v) is 14.8. The fraction of sp³-hybridized carbons (Fsp3) is 0.389. The van der Waals surface area contributed by atoms with Crippen molar-refractivity contribution >= 4 is 17.5 Å². The van der Waals surface area contributed by atoms with Crippen LogP contribution in [0.15, 0.2) is 18.2 Å². The van der Waals surface area contributed by atoms with E-state index in [9.17, 15) is 9.59 Å². The Morgan fingerprint density at radius 2 is 2.12 bits per heavy atom. The zero-order valence-electron chi connectivity index (χ0n) is 14.8. The predicted octanol–water partition coefficient (Wildman–Crippen LogP) is 1.38. The second-order valence-electron chi connectivity index (χ2n) is 6.41. The van der Waals surface area contributed by atoms with Gasteiger partial charge in [0.1, 0.15) is 0 Å². The summed E-state index contributed by atoms with van der Waals surface area (Å²) in [4.78, 5) is 26.3. The molecule has 0 saturated carbocycles. The lowest BCUT2D eigenvalue weighted by Gasteiger charge is -2.18. The Morgan fingerprint density at radius 3 is 2.92 bits per heavy atom. The number of likely N-dealkylation sites (N-methyl/N-ethyl adjacent to an activating group) is 1. The van der Waals surface area contributed by atoms with Gasteiger partial charge < -0.3 is 15.5 Å². The van der Waals surface area contributed by atoms with Crippen LogP contribution in [-0.4, -0.2) is 47.0 Å². The SMILES string of the molecule is Cc1cccc(NC(=O)CN(C)C(=O)c2n[nH]c3c2CNCC3)c1C. The van der Waals surface area contributed by atoms with E-state index in [1.54, 1.807) is 7.05 Å². The summed E-state index contributed by atoms with van der Waals surface area (Å²) in [6.07, 6.45) is 0.826. The number of aryl methyl sites for hydroxylation is 1. The Hall–Kier alpha value is -2.67. The van der Waals surface area contributed by atoms with Crippen molar-refractivity contribution in [3.05, 3.63) is 46.3 Å². The third-order valence-electron chi connectivity index (χ3n) is 4.62. The molecule has 2 aromatic rings. The molecular weight excluding hydrogens is 318 g/mol. The highest BCUT2D eigenvalue weighted by Crippen LogP contribution is 2.19. The van der Waals surface area contributed by atoms with E-state index in [1.165, 1.54) is 4.90 Å². The van der Waals surface area contributed by atoms with Crippen LogP contribution >= 0.6 is 0 Å².